The van der Waals surface area contributed by atoms with Gasteiger partial charge in [-0.25, -0.2) is 23.1 Å². The average Bonchev–Trinajstić information content (AvgIpc) is 2.73. The van der Waals surface area contributed by atoms with Gasteiger partial charge in [0.15, 0.2) is 0 Å². The number of nitrogens with one attached hydrogen (secondary N) is 1. The number of benzene rings is 3. The Bertz CT molecular complexity index is 1260. The molecular weight excluding hydrogens is 403 g/mol. The Hall–Kier alpha value is -3.61. The smallest absolute Gasteiger partial charge is 0.223 e. The first-order valence-corrected chi connectivity index (χ1v) is 9.73. The van der Waals surface area contributed by atoms with Crippen molar-refractivity contribution in [1.82, 2.24) is 9.97 Å². The Morgan fingerprint density at radius 2 is 1.61 bits per heavy atom. The van der Waals surface area contributed by atoms with Crippen LogP contribution >= 0.6 is 0 Å². The van der Waals surface area contributed by atoms with E-state index in [0.29, 0.717) is 39.3 Å². The molecule has 0 aliphatic carbocycles. The van der Waals surface area contributed by atoms with Gasteiger partial charge in [0.1, 0.15) is 23.2 Å². The molecular formula is C24H20F3N3O. The predicted octanol–water partition coefficient (Wildman–Crippen LogP) is 6.21. The van der Waals surface area contributed by atoms with E-state index < -0.39 is 11.6 Å². The summed E-state index contributed by atoms with van der Waals surface area (Å²) < 4.78 is 47.4. The lowest BCUT2D eigenvalue weighted by Gasteiger charge is -2.18. The van der Waals surface area contributed by atoms with Crippen molar-refractivity contribution in [2.75, 3.05) is 12.4 Å². The zero-order chi connectivity index (χ0) is 22.1. The van der Waals surface area contributed by atoms with Crippen molar-refractivity contribution in [3.63, 3.8) is 0 Å². The molecule has 0 saturated carbocycles. The monoisotopic (exact) mass is 423 g/mol. The van der Waals surface area contributed by atoms with Crippen molar-refractivity contribution in [3.8, 4) is 28.0 Å². The third-order valence-electron chi connectivity index (χ3n) is 4.80. The van der Waals surface area contributed by atoms with Gasteiger partial charge in [0.25, 0.3) is 0 Å². The fourth-order valence-corrected chi connectivity index (χ4v) is 3.49. The van der Waals surface area contributed by atoms with Gasteiger partial charge in [0.2, 0.25) is 5.95 Å². The lowest BCUT2D eigenvalue weighted by molar-refractivity contribution is 0.418. The number of methoxy groups -OCH3 is 1. The minimum absolute atomic E-state index is 0.112. The lowest BCUT2D eigenvalue weighted by atomic mass is 9.94. The highest BCUT2D eigenvalue weighted by Crippen LogP contribution is 2.44. The van der Waals surface area contributed by atoms with Crippen molar-refractivity contribution in [3.05, 3.63) is 72.2 Å². The van der Waals surface area contributed by atoms with Gasteiger partial charge < -0.3 is 10.1 Å². The number of halogens is 3. The van der Waals surface area contributed by atoms with Crippen molar-refractivity contribution < 1.29 is 17.9 Å². The van der Waals surface area contributed by atoms with Crippen LogP contribution in [0, 0.1) is 17.5 Å². The van der Waals surface area contributed by atoms with Gasteiger partial charge in [-0.1, -0.05) is 12.1 Å². The summed E-state index contributed by atoms with van der Waals surface area (Å²) >= 11 is 0. The summed E-state index contributed by atoms with van der Waals surface area (Å²) in [6, 6.07) is 11.1. The zero-order valence-corrected chi connectivity index (χ0v) is 17.2. The number of fused-ring (bicyclic) bond motifs is 1. The molecule has 31 heavy (non-hydrogen) atoms. The Balaban J connectivity index is 2.07. The quantitative estimate of drug-likeness (QED) is 0.415. The minimum atomic E-state index is -0.721. The maximum Gasteiger partial charge on any atom is 0.223 e. The van der Waals surface area contributed by atoms with E-state index in [1.807, 2.05) is 13.8 Å². The zero-order valence-electron chi connectivity index (χ0n) is 17.2. The second-order valence-electron chi connectivity index (χ2n) is 7.39. The molecule has 0 saturated heterocycles. The molecule has 0 unspecified atom stereocenters. The molecule has 0 amide bonds. The molecule has 4 rings (SSSR count). The minimum Gasteiger partial charge on any atom is -0.495 e. The van der Waals surface area contributed by atoms with Gasteiger partial charge in [-0.3, -0.25) is 0 Å². The van der Waals surface area contributed by atoms with Gasteiger partial charge in [-0.05, 0) is 49.7 Å². The van der Waals surface area contributed by atoms with E-state index in [-0.39, 0.29) is 17.4 Å². The van der Waals surface area contributed by atoms with E-state index in [4.69, 9.17) is 4.74 Å². The van der Waals surface area contributed by atoms with Crippen molar-refractivity contribution >= 4 is 16.9 Å². The van der Waals surface area contributed by atoms with Crippen LogP contribution in [0.15, 0.2) is 54.7 Å². The third-order valence-corrected chi connectivity index (χ3v) is 4.80. The van der Waals surface area contributed by atoms with Gasteiger partial charge >= 0.3 is 0 Å². The van der Waals surface area contributed by atoms with Gasteiger partial charge in [-0.15, -0.1) is 0 Å². The first kappa shape index (κ1) is 20.7. The maximum absolute atomic E-state index is 14.7. The Morgan fingerprint density at radius 1 is 0.903 bits per heavy atom. The number of hydrogen-bond donors (Lipinski definition) is 1. The number of rotatable bonds is 5. The molecule has 1 heterocycles. The van der Waals surface area contributed by atoms with Crippen LogP contribution < -0.4 is 10.1 Å². The topological polar surface area (TPSA) is 47.0 Å². The summed E-state index contributed by atoms with van der Waals surface area (Å²) in [5, 5.41) is 3.79. The molecule has 7 heteroatoms. The number of ether oxygens (including phenoxy) is 1. The summed E-state index contributed by atoms with van der Waals surface area (Å²) in [5.41, 5.74) is 2.36. The van der Waals surface area contributed by atoms with Crippen LogP contribution in [0.1, 0.15) is 13.8 Å². The summed E-state index contributed by atoms with van der Waals surface area (Å²) in [7, 11) is 1.47. The molecule has 3 aromatic carbocycles. The molecule has 158 valence electrons. The fourth-order valence-electron chi connectivity index (χ4n) is 3.49. The van der Waals surface area contributed by atoms with E-state index in [1.165, 1.54) is 31.4 Å². The Morgan fingerprint density at radius 3 is 2.26 bits per heavy atom. The summed E-state index contributed by atoms with van der Waals surface area (Å²) in [6.45, 7) is 3.94. The number of anilines is 1. The fraction of sp³-hybridized carbons (Fsp3) is 0.167. The van der Waals surface area contributed by atoms with Crippen LogP contribution in [0.25, 0.3) is 33.2 Å². The molecule has 4 nitrogen and oxygen atoms in total. The van der Waals surface area contributed by atoms with Crippen LogP contribution in [0.2, 0.25) is 0 Å². The van der Waals surface area contributed by atoms with Crippen LogP contribution in [0.5, 0.6) is 5.75 Å². The highest BCUT2D eigenvalue weighted by molar-refractivity contribution is 6.02. The van der Waals surface area contributed by atoms with E-state index in [0.717, 1.165) is 6.07 Å². The van der Waals surface area contributed by atoms with E-state index in [2.05, 4.69) is 15.3 Å². The first-order valence-electron chi connectivity index (χ1n) is 9.73. The van der Waals surface area contributed by atoms with Crippen molar-refractivity contribution in [2.24, 2.45) is 0 Å². The molecule has 0 fully saturated rings. The van der Waals surface area contributed by atoms with Crippen LogP contribution in [-0.2, 0) is 0 Å². The number of hydrogen-bond acceptors (Lipinski definition) is 4. The summed E-state index contributed by atoms with van der Waals surface area (Å²) in [6.07, 6.45) is 1.63. The van der Waals surface area contributed by atoms with Gasteiger partial charge in [-0.2, -0.15) is 0 Å². The van der Waals surface area contributed by atoms with Crippen LogP contribution in [0.4, 0.5) is 19.1 Å². The normalized spacial score (nSPS) is 11.2. The molecule has 1 N–H and O–H groups in total. The second-order valence-corrected chi connectivity index (χ2v) is 7.39. The van der Waals surface area contributed by atoms with Crippen molar-refractivity contribution in [1.29, 1.82) is 0 Å². The maximum atomic E-state index is 14.7. The van der Waals surface area contributed by atoms with Crippen LogP contribution in [-0.4, -0.2) is 23.1 Å². The highest BCUT2D eigenvalue weighted by atomic mass is 19.1. The average molecular weight is 423 g/mol. The highest BCUT2D eigenvalue weighted by Gasteiger charge is 2.21. The first-order chi connectivity index (χ1) is 14.9. The molecule has 0 bridgehead atoms. The predicted molar refractivity (Wildman–Crippen MR) is 116 cm³/mol. The van der Waals surface area contributed by atoms with E-state index in [1.54, 1.807) is 24.4 Å². The number of aromatic nitrogens is 2. The van der Waals surface area contributed by atoms with Crippen LogP contribution in [0.3, 0.4) is 0 Å². The van der Waals surface area contributed by atoms with E-state index >= 15 is 0 Å². The lowest BCUT2D eigenvalue weighted by Crippen LogP contribution is -2.12. The molecule has 4 aromatic rings. The Labute approximate surface area is 177 Å². The molecule has 0 spiro atoms. The summed E-state index contributed by atoms with van der Waals surface area (Å²) in [4.78, 5) is 8.99. The van der Waals surface area contributed by atoms with Gasteiger partial charge in [0.05, 0.1) is 18.2 Å². The second kappa shape index (κ2) is 8.26. The largest absolute Gasteiger partial charge is 0.495 e. The molecule has 0 atom stereocenters. The Kier molecular flexibility index (Phi) is 5.50. The van der Waals surface area contributed by atoms with E-state index in [9.17, 15) is 13.2 Å². The summed E-state index contributed by atoms with van der Waals surface area (Å²) in [5.74, 6) is -1.01. The molecule has 1 aromatic heterocycles. The number of nitrogens with zero attached hydrogens (tertiary/aromatic N) is 2. The van der Waals surface area contributed by atoms with Crippen molar-refractivity contribution in [2.45, 2.75) is 19.9 Å². The third kappa shape index (κ3) is 4.03. The SMILES string of the molecule is COc1c(-c2ccc(F)cc2F)cc2cnc(NC(C)C)nc2c1-c1ccc(F)cc1. The molecule has 0 radical (unpaired) electrons. The molecule has 0 aliphatic heterocycles. The standard InChI is InChI=1S/C24H20F3N3O/c1-13(2)29-24-28-12-15-10-19(18-9-8-17(26)11-20(18)27)23(31-3)21(22(15)30-24)14-4-6-16(25)7-5-14/h4-13H,1-3H3,(H,28,29,30). The van der Waals surface area contributed by atoms with Gasteiger partial charge in [0, 0.05) is 34.8 Å². The molecule has 0 aliphatic rings.